The second-order valence-corrected chi connectivity index (χ2v) is 7.45. The topological polar surface area (TPSA) is 42.0 Å². The zero-order chi connectivity index (χ0) is 16.4. The van der Waals surface area contributed by atoms with Crippen molar-refractivity contribution in [3.05, 3.63) is 68.5 Å². The first-order valence-electron chi connectivity index (χ1n) is 6.83. The Morgan fingerprint density at radius 2 is 1.78 bits per heavy atom. The molecule has 116 valence electrons. The zero-order valence-electron chi connectivity index (χ0n) is 12.1. The van der Waals surface area contributed by atoms with Crippen molar-refractivity contribution in [1.82, 2.24) is 4.98 Å². The van der Waals surface area contributed by atoms with Crippen LogP contribution in [0.5, 0.6) is 0 Å². The summed E-state index contributed by atoms with van der Waals surface area (Å²) >= 11 is 10.7. The number of anilines is 1. The number of carbonyl (C=O) groups excluding carboxylic acids is 1. The first-order valence-corrected chi connectivity index (χ1v) is 8.82. The average molecular weight is 408 g/mol. The van der Waals surface area contributed by atoms with Gasteiger partial charge in [-0.3, -0.25) is 10.1 Å². The third kappa shape index (κ3) is 3.80. The fourth-order valence-electron chi connectivity index (χ4n) is 2.10. The fraction of sp³-hybridized carbons (Fsp3) is 0.0588. The van der Waals surface area contributed by atoms with Gasteiger partial charge in [0.15, 0.2) is 5.13 Å². The molecular formula is C17H12BrClN2OS. The molecule has 0 unspecified atom stereocenters. The fourth-order valence-corrected chi connectivity index (χ4v) is 3.32. The lowest BCUT2D eigenvalue weighted by Crippen LogP contribution is -2.11. The van der Waals surface area contributed by atoms with Crippen molar-refractivity contribution in [2.75, 3.05) is 5.32 Å². The highest BCUT2D eigenvalue weighted by atomic mass is 79.9. The van der Waals surface area contributed by atoms with Gasteiger partial charge in [0.2, 0.25) is 0 Å². The summed E-state index contributed by atoms with van der Waals surface area (Å²) in [6, 6.07) is 14.7. The molecule has 2 aromatic carbocycles. The van der Waals surface area contributed by atoms with Gasteiger partial charge in [0.25, 0.3) is 5.91 Å². The first-order chi connectivity index (χ1) is 11.0. The van der Waals surface area contributed by atoms with Gasteiger partial charge >= 0.3 is 0 Å². The minimum atomic E-state index is -0.197. The van der Waals surface area contributed by atoms with Gasteiger partial charge in [-0.1, -0.05) is 39.7 Å². The maximum atomic E-state index is 12.2. The van der Waals surface area contributed by atoms with Crippen LogP contribution in [0, 0.1) is 6.92 Å². The van der Waals surface area contributed by atoms with E-state index in [2.05, 4.69) is 26.2 Å². The van der Waals surface area contributed by atoms with Gasteiger partial charge in [0.1, 0.15) is 0 Å². The minimum Gasteiger partial charge on any atom is -0.298 e. The maximum Gasteiger partial charge on any atom is 0.257 e. The SMILES string of the molecule is Cc1sc(NC(=O)c2ccc(Cl)cc2)nc1-c1ccc(Br)cc1. The van der Waals surface area contributed by atoms with Gasteiger partial charge in [-0.2, -0.15) is 0 Å². The van der Waals surface area contributed by atoms with E-state index in [4.69, 9.17) is 11.6 Å². The highest BCUT2D eigenvalue weighted by Gasteiger charge is 2.13. The molecule has 0 radical (unpaired) electrons. The summed E-state index contributed by atoms with van der Waals surface area (Å²) in [7, 11) is 0. The van der Waals surface area contributed by atoms with Crippen LogP contribution in [-0.2, 0) is 0 Å². The molecule has 1 amide bonds. The minimum absolute atomic E-state index is 0.197. The van der Waals surface area contributed by atoms with Crippen LogP contribution in [0.25, 0.3) is 11.3 Å². The van der Waals surface area contributed by atoms with Gasteiger partial charge in [-0.25, -0.2) is 4.98 Å². The van der Waals surface area contributed by atoms with Crippen LogP contribution < -0.4 is 5.32 Å². The Hall–Kier alpha value is -1.69. The molecule has 0 aliphatic carbocycles. The number of amides is 1. The second-order valence-electron chi connectivity index (χ2n) is 4.89. The molecule has 3 aromatic rings. The highest BCUT2D eigenvalue weighted by Crippen LogP contribution is 2.31. The van der Waals surface area contributed by atoms with E-state index in [0.717, 1.165) is 20.6 Å². The lowest BCUT2D eigenvalue weighted by molar-refractivity contribution is 0.102. The van der Waals surface area contributed by atoms with E-state index in [1.165, 1.54) is 11.3 Å². The molecule has 1 heterocycles. The molecule has 0 aliphatic heterocycles. The van der Waals surface area contributed by atoms with Crippen molar-refractivity contribution in [3.8, 4) is 11.3 Å². The van der Waals surface area contributed by atoms with E-state index < -0.39 is 0 Å². The van der Waals surface area contributed by atoms with Crippen LogP contribution in [0.4, 0.5) is 5.13 Å². The third-order valence-corrected chi connectivity index (χ3v) is 4.91. The smallest absolute Gasteiger partial charge is 0.257 e. The Kier molecular flexibility index (Phi) is 4.80. The normalized spacial score (nSPS) is 10.6. The molecule has 6 heteroatoms. The number of hydrogen-bond donors (Lipinski definition) is 1. The average Bonchev–Trinajstić information content (AvgIpc) is 2.89. The van der Waals surface area contributed by atoms with Crippen molar-refractivity contribution >= 4 is 49.9 Å². The van der Waals surface area contributed by atoms with Crippen LogP contribution in [0.2, 0.25) is 5.02 Å². The molecule has 0 atom stereocenters. The number of halogens is 2. The molecule has 0 aliphatic rings. The third-order valence-electron chi connectivity index (χ3n) is 3.24. The Morgan fingerprint density at radius 1 is 1.13 bits per heavy atom. The standard InChI is InChI=1S/C17H12BrClN2OS/c1-10-15(11-2-6-13(18)7-3-11)20-17(23-10)21-16(22)12-4-8-14(19)9-5-12/h2-9H,1H3,(H,20,21,22). The second kappa shape index (κ2) is 6.83. The monoisotopic (exact) mass is 406 g/mol. The highest BCUT2D eigenvalue weighted by molar-refractivity contribution is 9.10. The number of aryl methyl sites for hydroxylation is 1. The summed E-state index contributed by atoms with van der Waals surface area (Å²) in [5, 5.41) is 4.02. The number of rotatable bonds is 3. The molecule has 3 rings (SSSR count). The maximum absolute atomic E-state index is 12.2. The van der Waals surface area contributed by atoms with E-state index in [-0.39, 0.29) is 5.91 Å². The molecule has 0 saturated carbocycles. The van der Waals surface area contributed by atoms with Crippen LogP contribution in [0.15, 0.2) is 53.0 Å². The number of benzene rings is 2. The summed E-state index contributed by atoms with van der Waals surface area (Å²) in [6.07, 6.45) is 0. The van der Waals surface area contributed by atoms with Crippen molar-refractivity contribution in [1.29, 1.82) is 0 Å². The van der Waals surface area contributed by atoms with Crippen molar-refractivity contribution in [3.63, 3.8) is 0 Å². The first kappa shape index (κ1) is 16.2. The van der Waals surface area contributed by atoms with Gasteiger partial charge < -0.3 is 0 Å². The van der Waals surface area contributed by atoms with Gasteiger partial charge in [-0.15, -0.1) is 11.3 Å². The van der Waals surface area contributed by atoms with Gasteiger partial charge in [0.05, 0.1) is 5.69 Å². The summed E-state index contributed by atoms with van der Waals surface area (Å²) in [4.78, 5) is 17.8. The predicted octanol–water partition coefficient (Wildman–Crippen LogP) is 5.79. The van der Waals surface area contributed by atoms with E-state index in [1.807, 2.05) is 31.2 Å². The summed E-state index contributed by atoms with van der Waals surface area (Å²) in [5.41, 5.74) is 2.45. The molecule has 23 heavy (non-hydrogen) atoms. The molecule has 3 nitrogen and oxygen atoms in total. The summed E-state index contributed by atoms with van der Waals surface area (Å²) in [6.45, 7) is 1.99. The lowest BCUT2D eigenvalue weighted by Gasteiger charge is -2.01. The lowest BCUT2D eigenvalue weighted by atomic mass is 10.1. The number of nitrogens with one attached hydrogen (secondary N) is 1. The Morgan fingerprint density at radius 3 is 2.43 bits per heavy atom. The molecule has 1 N–H and O–H groups in total. The summed E-state index contributed by atoms with van der Waals surface area (Å²) in [5.74, 6) is -0.197. The van der Waals surface area contributed by atoms with E-state index in [9.17, 15) is 4.79 Å². The van der Waals surface area contributed by atoms with Crippen LogP contribution in [0.1, 0.15) is 15.2 Å². The van der Waals surface area contributed by atoms with Gasteiger partial charge in [-0.05, 0) is 43.3 Å². The largest absolute Gasteiger partial charge is 0.298 e. The van der Waals surface area contributed by atoms with Crippen molar-refractivity contribution in [2.24, 2.45) is 0 Å². The Labute approximate surface area is 151 Å². The number of hydrogen-bond acceptors (Lipinski definition) is 3. The molecule has 0 fully saturated rings. The van der Waals surface area contributed by atoms with Gasteiger partial charge in [0, 0.05) is 25.5 Å². The van der Waals surface area contributed by atoms with E-state index >= 15 is 0 Å². The van der Waals surface area contributed by atoms with Crippen LogP contribution in [-0.4, -0.2) is 10.9 Å². The van der Waals surface area contributed by atoms with E-state index in [1.54, 1.807) is 24.3 Å². The number of thiazole rings is 1. The quantitative estimate of drug-likeness (QED) is 0.597. The number of nitrogens with zero attached hydrogens (tertiary/aromatic N) is 1. The van der Waals surface area contributed by atoms with Crippen molar-refractivity contribution < 1.29 is 4.79 Å². The predicted molar refractivity (Wildman–Crippen MR) is 99.4 cm³/mol. The van der Waals surface area contributed by atoms with Crippen molar-refractivity contribution in [2.45, 2.75) is 6.92 Å². The molecule has 0 bridgehead atoms. The summed E-state index contributed by atoms with van der Waals surface area (Å²) < 4.78 is 1.02. The van der Waals surface area contributed by atoms with E-state index in [0.29, 0.717) is 15.7 Å². The molecule has 0 spiro atoms. The molecular weight excluding hydrogens is 396 g/mol. The zero-order valence-corrected chi connectivity index (χ0v) is 15.3. The number of aromatic nitrogens is 1. The van der Waals surface area contributed by atoms with Crippen LogP contribution >= 0.6 is 38.9 Å². The Balaban J connectivity index is 1.82. The number of carbonyl (C=O) groups is 1. The molecule has 1 aromatic heterocycles. The Bertz CT molecular complexity index is 844. The molecule has 0 saturated heterocycles. The van der Waals surface area contributed by atoms with Crippen LogP contribution in [0.3, 0.4) is 0 Å².